The third-order valence-corrected chi connectivity index (χ3v) is 1.80. The summed E-state index contributed by atoms with van der Waals surface area (Å²) >= 11 is 0. The zero-order chi connectivity index (χ0) is 7.82. The average Bonchev–Trinajstić information content (AvgIpc) is 1.98. The van der Waals surface area contributed by atoms with E-state index in [0.717, 1.165) is 12.3 Å². The van der Waals surface area contributed by atoms with E-state index in [4.69, 9.17) is 0 Å². The second-order valence-electron chi connectivity index (χ2n) is 2.89. The fourth-order valence-electron chi connectivity index (χ4n) is 0.895. The third-order valence-electron chi connectivity index (χ3n) is 1.80. The molecule has 0 saturated heterocycles. The van der Waals surface area contributed by atoms with Crippen molar-refractivity contribution in [1.29, 1.82) is 0 Å². The molecule has 0 bridgehead atoms. The monoisotopic (exact) mass is 139 g/mol. The smallest absolute Gasteiger partial charge is 0.0351 e. The van der Waals surface area contributed by atoms with Gasteiger partial charge in [-0.3, -0.25) is 0 Å². The maximum atomic E-state index is 3.87. The zero-order valence-corrected chi connectivity index (χ0v) is 7.27. The van der Waals surface area contributed by atoms with Crippen molar-refractivity contribution in [2.75, 3.05) is 0 Å². The highest BCUT2D eigenvalue weighted by molar-refractivity contribution is 4.76. The van der Waals surface area contributed by atoms with E-state index in [1.807, 2.05) is 0 Å². The maximum Gasteiger partial charge on any atom is -0.0351 e. The molecule has 0 spiro atoms. The Hall–Kier alpha value is -0.260. The van der Waals surface area contributed by atoms with Crippen molar-refractivity contribution >= 4 is 0 Å². The number of allylic oxidation sites excluding steroid dienone is 2. The van der Waals surface area contributed by atoms with Gasteiger partial charge < -0.3 is 0 Å². The molecule has 0 aromatic rings. The first kappa shape index (κ1) is 9.74. The van der Waals surface area contributed by atoms with Crippen LogP contribution in [0.4, 0.5) is 0 Å². The van der Waals surface area contributed by atoms with E-state index in [0.29, 0.717) is 0 Å². The maximum absolute atomic E-state index is 3.87. The summed E-state index contributed by atoms with van der Waals surface area (Å²) in [5, 5.41) is 0. The molecule has 0 aliphatic rings. The quantitative estimate of drug-likeness (QED) is 0.403. The van der Waals surface area contributed by atoms with E-state index in [9.17, 15) is 0 Å². The number of hydrogen-bond acceptors (Lipinski definition) is 0. The molecule has 0 fully saturated rings. The first-order chi connectivity index (χ1) is 4.81. The predicted octanol–water partition coefficient (Wildman–Crippen LogP) is 3.59. The molecule has 0 nitrogen and oxygen atoms in total. The standard InChI is InChI=1S/C10H19/c1-4-6-7-8-9-10(3)5-2/h4,6,10H,2,5,7-9H2,1,3H3. The van der Waals surface area contributed by atoms with Gasteiger partial charge in [0.1, 0.15) is 0 Å². The molecule has 0 amide bonds. The average molecular weight is 139 g/mol. The van der Waals surface area contributed by atoms with E-state index in [2.05, 4.69) is 32.9 Å². The SMILES string of the molecule is [CH2]CC(C)CCCC=CC. The first-order valence-electron chi connectivity index (χ1n) is 4.21. The van der Waals surface area contributed by atoms with Gasteiger partial charge in [-0.05, 0) is 25.7 Å². The lowest BCUT2D eigenvalue weighted by Crippen LogP contribution is -1.90. The highest BCUT2D eigenvalue weighted by Crippen LogP contribution is 2.10. The van der Waals surface area contributed by atoms with Crippen LogP contribution in [0.25, 0.3) is 0 Å². The summed E-state index contributed by atoms with van der Waals surface area (Å²) < 4.78 is 0. The van der Waals surface area contributed by atoms with Crippen LogP contribution in [0.15, 0.2) is 12.2 Å². The van der Waals surface area contributed by atoms with Crippen molar-refractivity contribution in [3.63, 3.8) is 0 Å². The van der Waals surface area contributed by atoms with Crippen LogP contribution in [0.3, 0.4) is 0 Å². The second-order valence-corrected chi connectivity index (χ2v) is 2.89. The summed E-state index contributed by atoms with van der Waals surface area (Å²) in [6.45, 7) is 8.21. The summed E-state index contributed by atoms with van der Waals surface area (Å²) in [6, 6.07) is 0. The zero-order valence-electron chi connectivity index (χ0n) is 7.27. The molecule has 0 aromatic heterocycles. The van der Waals surface area contributed by atoms with Gasteiger partial charge in [0.15, 0.2) is 0 Å². The molecule has 59 valence electrons. The number of hydrogen-bond donors (Lipinski definition) is 0. The Morgan fingerprint density at radius 2 is 2.20 bits per heavy atom. The van der Waals surface area contributed by atoms with Crippen molar-refractivity contribution in [3.05, 3.63) is 19.1 Å². The lowest BCUT2D eigenvalue weighted by Gasteiger charge is -2.04. The molecule has 0 rings (SSSR count). The topological polar surface area (TPSA) is 0 Å². The molecule has 0 aliphatic heterocycles. The summed E-state index contributed by atoms with van der Waals surface area (Å²) in [5.74, 6) is 0.810. The Morgan fingerprint density at radius 1 is 1.50 bits per heavy atom. The van der Waals surface area contributed by atoms with Crippen LogP contribution < -0.4 is 0 Å². The lowest BCUT2D eigenvalue weighted by atomic mass is 10.0. The number of rotatable bonds is 5. The Labute approximate surface area is 65.3 Å². The van der Waals surface area contributed by atoms with Gasteiger partial charge in [-0.2, -0.15) is 0 Å². The van der Waals surface area contributed by atoms with Crippen molar-refractivity contribution < 1.29 is 0 Å². The molecule has 10 heavy (non-hydrogen) atoms. The minimum absolute atomic E-state index is 0.810. The van der Waals surface area contributed by atoms with Gasteiger partial charge >= 0.3 is 0 Å². The Bertz CT molecular complexity index is 82.0. The normalized spacial score (nSPS) is 14.3. The van der Waals surface area contributed by atoms with Crippen molar-refractivity contribution in [3.8, 4) is 0 Å². The van der Waals surface area contributed by atoms with Crippen LogP contribution in [0, 0.1) is 12.8 Å². The van der Waals surface area contributed by atoms with Crippen LogP contribution in [0.2, 0.25) is 0 Å². The summed E-state index contributed by atoms with van der Waals surface area (Å²) in [5.41, 5.74) is 0. The van der Waals surface area contributed by atoms with Gasteiger partial charge in [-0.25, -0.2) is 0 Å². The molecule has 1 atom stereocenters. The van der Waals surface area contributed by atoms with E-state index in [-0.39, 0.29) is 0 Å². The van der Waals surface area contributed by atoms with E-state index in [1.54, 1.807) is 0 Å². The predicted molar refractivity (Wildman–Crippen MR) is 47.8 cm³/mol. The van der Waals surface area contributed by atoms with E-state index >= 15 is 0 Å². The fraction of sp³-hybridized carbons (Fsp3) is 0.700. The van der Waals surface area contributed by atoms with Gasteiger partial charge in [0, 0.05) is 0 Å². The van der Waals surface area contributed by atoms with Gasteiger partial charge in [0.05, 0.1) is 0 Å². The van der Waals surface area contributed by atoms with Gasteiger partial charge in [-0.1, -0.05) is 38.8 Å². The van der Waals surface area contributed by atoms with E-state index < -0.39 is 0 Å². The molecule has 0 heterocycles. The lowest BCUT2D eigenvalue weighted by molar-refractivity contribution is 0.518. The molecular formula is C10H19. The number of unbranched alkanes of at least 4 members (excludes halogenated alkanes) is 1. The van der Waals surface area contributed by atoms with Crippen LogP contribution in [-0.4, -0.2) is 0 Å². The molecule has 0 aromatic carbocycles. The van der Waals surface area contributed by atoms with Gasteiger partial charge in [0.25, 0.3) is 0 Å². The highest BCUT2D eigenvalue weighted by atomic mass is 14.0. The molecule has 0 N–H and O–H groups in total. The fourth-order valence-corrected chi connectivity index (χ4v) is 0.895. The molecule has 0 aliphatic carbocycles. The van der Waals surface area contributed by atoms with E-state index in [1.165, 1.54) is 19.3 Å². The van der Waals surface area contributed by atoms with Crippen LogP contribution in [0.5, 0.6) is 0 Å². The largest absolute Gasteiger partial charge is 0.0917 e. The molecule has 0 heteroatoms. The summed E-state index contributed by atoms with van der Waals surface area (Å²) in [6.07, 6.45) is 9.32. The highest BCUT2D eigenvalue weighted by Gasteiger charge is 1.95. The first-order valence-corrected chi connectivity index (χ1v) is 4.21. The Morgan fingerprint density at radius 3 is 2.70 bits per heavy atom. The minimum atomic E-state index is 0.810. The minimum Gasteiger partial charge on any atom is -0.0917 e. The molecule has 1 unspecified atom stereocenters. The second kappa shape index (κ2) is 6.85. The van der Waals surface area contributed by atoms with Crippen molar-refractivity contribution in [2.45, 2.75) is 39.5 Å². The molecule has 1 radical (unpaired) electrons. The van der Waals surface area contributed by atoms with Crippen LogP contribution in [-0.2, 0) is 0 Å². The summed E-state index contributed by atoms with van der Waals surface area (Å²) in [7, 11) is 0. The third kappa shape index (κ3) is 5.87. The Kier molecular flexibility index (Phi) is 6.68. The van der Waals surface area contributed by atoms with Crippen molar-refractivity contribution in [2.24, 2.45) is 5.92 Å². The molecular weight excluding hydrogens is 120 g/mol. The van der Waals surface area contributed by atoms with Gasteiger partial charge in [-0.15, -0.1) is 0 Å². The van der Waals surface area contributed by atoms with Gasteiger partial charge in [0.2, 0.25) is 0 Å². The molecule has 0 saturated carbocycles. The Balaban J connectivity index is 3.03. The van der Waals surface area contributed by atoms with Crippen molar-refractivity contribution in [1.82, 2.24) is 0 Å². The summed E-state index contributed by atoms with van der Waals surface area (Å²) in [4.78, 5) is 0. The van der Waals surface area contributed by atoms with Crippen LogP contribution in [0.1, 0.15) is 39.5 Å². The van der Waals surface area contributed by atoms with Crippen LogP contribution >= 0.6 is 0 Å².